The highest BCUT2D eigenvalue weighted by atomic mass is 32.2. The summed E-state index contributed by atoms with van der Waals surface area (Å²) in [5, 5.41) is 6.06. The average molecular weight is 458 g/mol. The zero-order valence-electron chi connectivity index (χ0n) is 18.9. The molecule has 1 aromatic rings. The van der Waals surface area contributed by atoms with Crippen LogP contribution in [0.1, 0.15) is 86.6 Å². The van der Waals surface area contributed by atoms with Crippen molar-refractivity contribution in [3.8, 4) is 0 Å². The summed E-state index contributed by atoms with van der Waals surface area (Å²) >= 11 is 1.82. The molecule has 2 N–H and O–H groups in total. The largest absolute Gasteiger partial charge is 0.322 e. The summed E-state index contributed by atoms with van der Waals surface area (Å²) in [6, 6.07) is 6.10. The molecule has 0 radical (unpaired) electrons. The lowest BCUT2D eigenvalue weighted by molar-refractivity contribution is -0.136. The lowest BCUT2D eigenvalue weighted by Gasteiger charge is -2.29. The van der Waals surface area contributed by atoms with E-state index in [0.29, 0.717) is 18.5 Å². The Morgan fingerprint density at radius 3 is 2.59 bits per heavy atom. The van der Waals surface area contributed by atoms with Crippen molar-refractivity contribution in [1.29, 1.82) is 0 Å². The molecule has 2 heterocycles. The van der Waals surface area contributed by atoms with Gasteiger partial charge in [0, 0.05) is 29.5 Å². The molecule has 1 saturated carbocycles. The summed E-state index contributed by atoms with van der Waals surface area (Å²) in [7, 11) is 0. The van der Waals surface area contributed by atoms with Crippen molar-refractivity contribution in [3.63, 3.8) is 0 Å². The van der Waals surface area contributed by atoms with E-state index in [1.54, 1.807) is 4.90 Å². The molecule has 0 bridgehead atoms. The highest BCUT2D eigenvalue weighted by Gasteiger charge is 2.39. The van der Waals surface area contributed by atoms with Crippen LogP contribution in [0.15, 0.2) is 23.1 Å². The molecule has 1 aromatic carbocycles. The lowest BCUT2D eigenvalue weighted by atomic mass is 10.0. The Balaban J connectivity index is 1.17. The molecule has 1 atom stereocenters. The van der Waals surface area contributed by atoms with Gasteiger partial charge >= 0.3 is 0 Å². The second-order valence-electron chi connectivity index (χ2n) is 9.23. The standard InChI is InChI=1S/C25H35N3O3S/c29-23-14-13-21(24(30)27-23)28-17-20-19(25(28)31)11-8-12-22(20)32-16-7-3-1-2-6-15-26-18-9-4-5-10-18/h8,11-12,18,21,26H,1-7,9-10,13-17H2,(H,27,29,30). The summed E-state index contributed by atoms with van der Waals surface area (Å²) in [5.41, 5.74) is 1.74. The predicted octanol–water partition coefficient (Wildman–Crippen LogP) is 4.02. The fourth-order valence-corrected chi connectivity index (χ4v) is 6.16. The van der Waals surface area contributed by atoms with Crippen LogP contribution in [0.2, 0.25) is 0 Å². The molecular weight excluding hydrogens is 422 g/mol. The highest BCUT2D eigenvalue weighted by Crippen LogP contribution is 2.34. The smallest absolute Gasteiger partial charge is 0.255 e. The quantitative estimate of drug-likeness (QED) is 0.298. The summed E-state index contributed by atoms with van der Waals surface area (Å²) in [6.45, 7) is 1.62. The molecule has 1 aliphatic carbocycles. The van der Waals surface area contributed by atoms with Crippen molar-refractivity contribution in [2.24, 2.45) is 0 Å². The number of hydrogen-bond donors (Lipinski definition) is 2. The summed E-state index contributed by atoms with van der Waals surface area (Å²) in [5.74, 6) is 0.346. The van der Waals surface area contributed by atoms with Crippen LogP contribution in [-0.4, -0.2) is 47.0 Å². The monoisotopic (exact) mass is 457 g/mol. The first-order chi connectivity index (χ1) is 15.6. The molecule has 6 nitrogen and oxygen atoms in total. The lowest BCUT2D eigenvalue weighted by Crippen LogP contribution is -2.52. The summed E-state index contributed by atoms with van der Waals surface area (Å²) in [4.78, 5) is 39.4. The van der Waals surface area contributed by atoms with Crippen molar-refractivity contribution >= 4 is 29.5 Å². The van der Waals surface area contributed by atoms with Gasteiger partial charge in [-0.05, 0) is 62.1 Å². The Labute approximate surface area is 195 Å². The van der Waals surface area contributed by atoms with Crippen molar-refractivity contribution in [1.82, 2.24) is 15.5 Å². The molecule has 32 heavy (non-hydrogen) atoms. The second kappa shape index (κ2) is 11.3. The zero-order chi connectivity index (χ0) is 22.3. The second-order valence-corrected chi connectivity index (χ2v) is 10.4. The van der Waals surface area contributed by atoms with E-state index in [1.165, 1.54) is 57.8 Å². The summed E-state index contributed by atoms with van der Waals surface area (Å²) < 4.78 is 0. The number of carbonyl (C=O) groups is 3. The van der Waals surface area contributed by atoms with E-state index in [1.807, 2.05) is 23.9 Å². The Kier molecular flexibility index (Phi) is 8.25. The molecule has 174 valence electrons. The predicted molar refractivity (Wildman–Crippen MR) is 127 cm³/mol. The first kappa shape index (κ1) is 23.3. The van der Waals surface area contributed by atoms with Gasteiger partial charge in [0.15, 0.2) is 0 Å². The van der Waals surface area contributed by atoms with Crippen LogP contribution in [0.5, 0.6) is 0 Å². The third kappa shape index (κ3) is 5.73. The molecule has 2 aliphatic heterocycles. The molecule has 7 heteroatoms. The first-order valence-electron chi connectivity index (χ1n) is 12.3. The van der Waals surface area contributed by atoms with E-state index in [2.05, 4.69) is 16.7 Å². The number of unbranched alkanes of at least 4 members (excludes halogenated alkanes) is 4. The van der Waals surface area contributed by atoms with Crippen molar-refractivity contribution in [3.05, 3.63) is 29.3 Å². The topological polar surface area (TPSA) is 78.5 Å². The van der Waals surface area contributed by atoms with E-state index >= 15 is 0 Å². The molecule has 3 aliphatic rings. The number of fused-ring (bicyclic) bond motifs is 1. The highest BCUT2D eigenvalue weighted by molar-refractivity contribution is 7.99. The van der Waals surface area contributed by atoms with Gasteiger partial charge in [-0.3, -0.25) is 19.7 Å². The molecule has 1 unspecified atom stereocenters. The number of carbonyl (C=O) groups excluding carboxylic acids is 3. The molecule has 0 spiro atoms. The molecule has 0 aromatic heterocycles. The number of piperidine rings is 1. The number of thioether (sulfide) groups is 1. The van der Waals surface area contributed by atoms with E-state index in [4.69, 9.17) is 0 Å². The van der Waals surface area contributed by atoms with Crippen LogP contribution in [0.25, 0.3) is 0 Å². The molecule has 1 saturated heterocycles. The fourth-order valence-electron chi connectivity index (χ4n) is 5.07. The van der Waals surface area contributed by atoms with Crippen molar-refractivity contribution < 1.29 is 14.4 Å². The normalized spacial score (nSPS) is 21.3. The number of nitrogens with zero attached hydrogens (tertiary/aromatic N) is 1. The van der Waals surface area contributed by atoms with Gasteiger partial charge in [-0.25, -0.2) is 0 Å². The van der Waals surface area contributed by atoms with Crippen LogP contribution >= 0.6 is 11.8 Å². The van der Waals surface area contributed by atoms with E-state index in [-0.39, 0.29) is 24.1 Å². The zero-order valence-corrected chi connectivity index (χ0v) is 19.7. The third-order valence-corrected chi connectivity index (χ3v) is 8.09. The van der Waals surface area contributed by atoms with Gasteiger partial charge in [-0.1, -0.05) is 38.2 Å². The Morgan fingerprint density at radius 2 is 1.78 bits per heavy atom. The van der Waals surface area contributed by atoms with E-state index in [9.17, 15) is 14.4 Å². The van der Waals surface area contributed by atoms with Crippen LogP contribution in [0.4, 0.5) is 0 Å². The summed E-state index contributed by atoms with van der Waals surface area (Å²) in [6.07, 6.45) is 12.5. The minimum absolute atomic E-state index is 0.0943. The van der Waals surface area contributed by atoms with Gasteiger partial charge < -0.3 is 10.2 Å². The minimum atomic E-state index is -0.548. The molecule has 4 rings (SSSR count). The van der Waals surface area contributed by atoms with Gasteiger partial charge in [-0.15, -0.1) is 11.8 Å². The van der Waals surface area contributed by atoms with Crippen LogP contribution in [-0.2, 0) is 16.1 Å². The van der Waals surface area contributed by atoms with Gasteiger partial charge in [-0.2, -0.15) is 0 Å². The first-order valence-corrected chi connectivity index (χ1v) is 13.2. The number of rotatable bonds is 11. The van der Waals surface area contributed by atoms with Gasteiger partial charge in [0.2, 0.25) is 11.8 Å². The van der Waals surface area contributed by atoms with Crippen LogP contribution < -0.4 is 10.6 Å². The van der Waals surface area contributed by atoms with Crippen molar-refractivity contribution in [2.75, 3.05) is 12.3 Å². The third-order valence-electron chi connectivity index (χ3n) is 6.91. The van der Waals surface area contributed by atoms with Crippen LogP contribution in [0, 0.1) is 0 Å². The molecular formula is C25H35N3O3S. The number of hydrogen-bond acceptors (Lipinski definition) is 5. The van der Waals surface area contributed by atoms with Gasteiger partial charge in [0.1, 0.15) is 6.04 Å². The Bertz CT molecular complexity index is 838. The van der Waals surface area contributed by atoms with Gasteiger partial charge in [0.05, 0.1) is 0 Å². The number of benzene rings is 1. The minimum Gasteiger partial charge on any atom is -0.322 e. The maximum atomic E-state index is 12.9. The Hall–Kier alpha value is -1.86. The molecule has 2 fully saturated rings. The van der Waals surface area contributed by atoms with Gasteiger partial charge in [0.25, 0.3) is 5.91 Å². The number of nitrogens with one attached hydrogen (secondary N) is 2. The van der Waals surface area contributed by atoms with Crippen LogP contribution in [0.3, 0.4) is 0 Å². The Morgan fingerprint density at radius 1 is 1.00 bits per heavy atom. The van der Waals surface area contributed by atoms with Crippen molar-refractivity contribution in [2.45, 2.75) is 94.2 Å². The number of imide groups is 1. The average Bonchev–Trinajstić information content (AvgIpc) is 3.41. The molecule has 3 amide bonds. The van der Waals surface area contributed by atoms with E-state index in [0.717, 1.165) is 28.8 Å². The SMILES string of the molecule is O=C1CCC(N2Cc3c(SCCCCCCCNC4CCCC4)cccc3C2=O)C(=O)N1. The van der Waals surface area contributed by atoms with E-state index < -0.39 is 6.04 Å². The maximum Gasteiger partial charge on any atom is 0.255 e. The maximum absolute atomic E-state index is 12.9. The number of amides is 3. The fraction of sp³-hybridized carbons (Fsp3) is 0.640.